The van der Waals surface area contributed by atoms with E-state index in [1.807, 2.05) is 6.07 Å². The van der Waals surface area contributed by atoms with Gasteiger partial charge in [0.15, 0.2) is 0 Å². The van der Waals surface area contributed by atoms with Crippen LogP contribution in [0.4, 0.5) is 13.2 Å². The number of rotatable bonds is 3. The van der Waals surface area contributed by atoms with Crippen LogP contribution in [-0.2, 0) is 12.6 Å². The summed E-state index contributed by atoms with van der Waals surface area (Å²) >= 11 is 15.0. The second-order valence-corrected chi connectivity index (χ2v) is 6.36. The van der Waals surface area contributed by atoms with Gasteiger partial charge in [0.2, 0.25) is 0 Å². The van der Waals surface area contributed by atoms with Gasteiger partial charge in [-0.2, -0.15) is 13.2 Å². The van der Waals surface area contributed by atoms with Gasteiger partial charge in [0.05, 0.1) is 10.9 Å². The van der Waals surface area contributed by atoms with Crippen LogP contribution in [0.2, 0.25) is 5.02 Å². The van der Waals surface area contributed by atoms with Gasteiger partial charge in [-0.15, -0.1) is 11.6 Å². The fraction of sp³-hybridized carbons (Fsp3) is 0.200. The highest BCUT2D eigenvalue weighted by atomic mass is 79.9. The maximum absolute atomic E-state index is 12.9. The van der Waals surface area contributed by atoms with Gasteiger partial charge >= 0.3 is 6.18 Å². The maximum Gasteiger partial charge on any atom is 0.417 e. The smallest absolute Gasteiger partial charge is 0.166 e. The fourth-order valence-electron chi connectivity index (χ4n) is 1.94. The second-order valence-electron chi connectivity index (χ2n) is 4.54. The molecule has 0 nitrogen and oxygen atoms in total. The summed E-state index contributed by atoms with van der Waals surface area (Å²) in [6.07, 6.45) is -4.01. The van der Waals surface area contributed by atoms with Gasteiger partial charge in [-0.05, 0) is 41.8 Å². The predicted molar refractivity (Wildman–Crippen MR) is 82.9 cm³/mol. The Kier molecular flexibility index (Phi) is 5.23. The molecule has 0 aliphatic rings. The van der Waals surface area contributed by atoms with E-state index >= 15 is 0 Å². The second kappa shape index (κ2) is 6.59. The third kappa shape index (κ3) is 4.38. The van der Waals surface area contributed by atoms with Gasteiger partial charge in [0, 0.05) is 9.50 Å². The van der Waals surface area contributed by atoms with Crippen molar-refractivity contribution >= 4 is 39.1 Å². The molecule has 0 aromatic heterocycles. The molecule has 0 aliphatic carbocycles. The molecule has 0 saturated heterocycles. The summed E-state index contributed by atoms with van der Waals surface area (Å²) in [6, 6.07) is 11.1. The zero-order valence-electron chi connectivity index (χ0n) is 10.6. The Morgan fingerprint density at radius 2 is 1.81 bits per heavy atom. The molecule has 21 heavy (non-hydrogen) atoms. The Labute approximate surface area is 139 Å². The van der Waals surface area contributed by atoms with Crippen LogP contribution in [0, 0.1) is 0 Å². The Morgan fingerprint density at radius 1 is 1.10 bits per heavy atom. The van der Waals surface area contributed by atoms with E-state index in [0.717, 1.165) is 11.6 Å². The van der Waals surface area contributed by atoms with E-state index in [0.29, 0.717) is 17.0 Å². The average Bonchev–Trinajstić information content (AvgIpc) is 2.37. The molecule has 0 amide bonds. The van der Waals surface area contributed by atoms with Crippen LogP contribution in [0.15, 0.2) is 46.9 Å². The Morgan fingerprint density at radius 3 is 2.43 bits per heavy atom. The quantitative estimate of drug-likeness (QED) is 0.509. The van der Waals surface area contributed by atoms with E-state index in [1.54, 1.807) is 24.3 Å². The molecule has 0 bridgehead atoms. The first-order chi connectivity index (χ1) is 9.77. The number of halogens is 6. The number of hydrogen-bond acceptors (Lipinski definition) is 0. The molecule has 2 aromatic carbocycles. The molecular weight excluding hydrogens is 388 g/mol. The minimum Gasteiger partial charge on any atom is -0.166 e. The summed E-state index contributed by atoms with van der Waals surface area (Å²) in [6.45, 7) is 0. The number of benzene rings is 2. The van der Waals surface area contributed by atoms with Crippen LogP contribution in [0.25, 0.3) is 0 Å². The van der Waals surface area contributed by atoms with Crippen molar-refractivity contribution in [2.75, 3.05) is 0 Å². The lowest BCUT2D eigenvalue weighted by Crippen LogP contribution is -2.07. The summed E-state index contributed by atoms with van der Waals surface area (Å²) in [5.41, 5.74) is 0.572. The molecule has 112 valence electrons. The summed E-state index contributed by atoms with van der Waals surface area (Å²) < 4.78 is 38.6. The van der Waals surface area contributed by atoms with Crippen molar-refractivity contribution in [1.82, 2.24) is 0 Å². The van der Waals surface area contributed by atoms with E-state index < -0.39 is 17.1 Å². The van der Waals surface area contributed by atoms with E-state index in [4.69, 9.17) is 23.2 Å². The van der Waals surface area contributed by atoms with Gasteiger partial charge in [-0.1, -0.05) is 45.7 Å². The van der Waals surface area contributed by atoms with Crippen LogP contribution < -0.4 is 0 Å². The largest absolute Gasteiger partial charge is 0.417 e. The SMILES string of the molecule is FC(F)(F)c1cc(C(Cl)Cc2cccc(Cl)c2)ccc1Br. The molecule has 2 rings (SSSR count). The molecule has 2 aromatic rings. The minimum absolute atomic E-state index is 0.00497. The van der Waals surface area contributed by atoms with E-state index in [2.05, 4.69) is 15.9 Å². The van der Waals surface area contributed by atoms with Crippen molar-refractivity contribution in [3.63, 3.8) is 0 Å². The molecule has 0 N–H and O–H groups in total. The highest BCUT2D eigenvalue weighted by Gasteiger charge is 2.33. The van der Waals surface area contributed by atoms with Crippen LogP contribution in [-0.4, -0.2) is 0 Å². The average molecular weight is 398 g/mol. The van der Waals surface area contributed by atoms with Gasteiger partial charge in [-0.3, -0.25) is 0 Å². The van der Waals surface area contributed by atoms with E-state index in [1.165, 1.54) is 6.07 Å². The topological polar surface area (TPSA) is 0 Å². The molecule has 0 spiro atoms. The first kappa shape index (κ1) is 16.7. The fourth-order valence-corrected chi connectivity index (χ4v) is 2.94. The molecule has 1 atom stereocenters. The van der Waals surface area contributed by atoms with Crippen molar-refractivity contribution < 1.29 is 13.2 Å². The van der Waals surface area contributed by atoms with Gasteiger partial charge in [0.25, 0.3) is 0 Å². The van der Waals surface area contributed by atoms with Crippen LogP contribution in [0.1, 0.15) is 22.1 Å². The molecule has 0 heterocycles. The van der Waals surface area contributed by atoms with Gasteiger partial charge in [0.1, 0.15) is 0 Å². The lowest BCUT2D eigenvalue weighted by Gasteiger charge is -2.14. The van der Waals surface area contributed by atoms with Crippen LogP contribution >= 0.6 is 39.1 Å². The maximum atomic E-state index is 12.9. The van der Waals surface area contributed by atoms with Crippen LogP contribution in [0.3, 0.4) is 0 Å². The number of alkyl halides is 4. The Balaban J connectivity index is 2.25. The molecule has 0 fully saturated rings. The van der Waals surface area contributed by atoms with Crippen molar-refractivity contribution in [2.24, 2.45) is 0 Å². The minimum atomic E-state index is -4.42. The molecule has 1 unspecified atom stereocenters. The lowest BCUT2D eigenvalue weighted by molar-refractivity contribution is -0.138. The first-order valence-corrected chi connectivity index (χ1v) is 7.63. The monoisotopic (exact) mass is 396 g/mol. The van der Waals surface area contributed by atoms with Gasteiger partial charge in [-0.25, -0.2) is 0 Å². The summed E-state index contributed by atoms with van der Waals surface area (Å²) in [4.78, 5) is 0. The predicted octanol–water partition coefficient (Wildman–Crippen LogP) is 6.64. The van der Waals surface area contributed by atoms with Crippen molar-refractivity contribution in [2.45, 2.75) is 18.0 Å². The van der Waals surface area contributed by atoms with Crippen molar-refractivity contribution in [1.29, 1.82) is 0 Å². The third-order valence-electron chi connectivity index (χ3n) is 2.96. The number of hydrogen-bond donors (Lipinski definition) is 0. The molecular formula is C15H10BrCl2F3. The molecule has 6 heteroatoms. The van der Waals surface area contributed by atoms with Crippen LogP contribution in [0.5, 0.6) is 0 Å². The highest BCUT2D eigenvalue weighted by molar-refractivity contribution is 9.10. The standard InChI is InChI=1S/C15H10BrCl2F3/c16-13-5-4-10(8-12(13)15(19,20)21)14(18)7-9-2-1-3-11(17)6-9/h1-6,8,14H,7H2. The van der Waals surface area contributed by atoms with E-state index in [-0.39, 0.29) is 4.47 Å². The van der Waals surface area contributed by atoms with Crippen molar-refractivity contribution in [3.05, 3.63) is 68.7 Å². The summed E-state index contributed by atoms with van der Waals surface area (Å²) in [5, 5.41) is 0.0146. The van der Waals surface area contributed by atoms with Gasteiger partial charge < -0.3 is 0 Å². The molecule has 0 radical (unpaired) electrons. The zero-order valence-corrected chi connectivity index (χ0v) is 13.7. The first-order valence-electron chi connectivity index (χ1n) is 6.02. The Bertz CT molecular complexity index is 641. The molecule has 0 aliphatic heterocycles. The highest BCUT2D eigenvalue weighted by Crippen LogP contribution is 2.37. The summed E-state index contributed by atoms with van der Waals surface area (Å²) in [5.74, 6) is 0. The lowest BCUT2D eigenvalue weighted by atomic mass is 10.0. The Hall–Kier alpha value is -0.710. The molecule has 0 saturated carbocycles. The van der Waals surface area contributed by atoms with Crippen molar-refractivity contribution in [3.8, 4) is 0 Å². The zero-order chi connectivity index (χ0) is 15.6. The normalized spacial score (nSPS) is 13.2. The summed E-state index contributed by atoms with van der Waals surface area (Å²) in [7, 11) is 0. The third-order valence-corrected chi connectivity index (χ3v) is 4.29. The van der Waals surface area contributed by atoms with E-state index in [9.17, 15) is 13.2 Å².